The molecule has 0 saturated carbocycles. The predicted octanol–water partition coefficient (Wildman–Crippen LogP) is 3.94. The molecule has 5 nitrogen and oxygen atoms in total. The standard InChI is InChI=1S/C20H17Cl2N3O2/c21-17-8-5-15(13-18(17)22)20(27)24-10-9-23-19(26)14-3-6-16(7-4-14)25-11-1-2-12-25/h1-8,11-13H,9-10H2,(H,23,26)(H,24,27). The molecule has 3 aromatic rings. The maximum absolute atomic E-state index is 12.2. The lowest BCUT2D eigenvalue weighted by Crippen LogP contribution is -2.34. The first kappa shape index (κ1) is 19.0. The Kier molecular flexibility index (Phi) is 6.16. The summed E-state index contributed by atoms with van der Waals surface area (Å²) in [6.07, 6.45) is 3.87. The summed E-state index contributed by atoms with van der Waals surface area (Å²) in [7, 11) is 0. The van der Waals surface area contributed by atoms with Gasteiger partial charge in [-0.1, -0.05) is 23.2 Å². The number of rotatable bonds is 6. The SMILES string of the molecule is O=C(NCCNC(=O)c1ccc(Cl)c(Cl)c1)c1ccc(-n2cccc2)cc1. The first-order valence-corrected chi connectivity index (χ1v) is 9.05. The van der Waals surface area contributed by atoms with E-state index < -0.39 is 0 Å². The van der Waals surface area contributed by atoms with E-state index in [1.54, 1.807) is 24.3 Å². The van der Waals surface area contributed by atoms with Crippen molar-refractivity contribution in [3.63, 3.8) is 0 Å². The summed E-state index contributed by atoms with van der Waals surface area (Å²) in [6.45, 7) is 0.609. The van der Waals surface area contributed by atoms with E-state index >= 15 is 0 Å². The molecule has 7 heteroatoms. The molecule has 2 amide bonds. The number of carbonyl (C=O) groups is 2. The number of aromatic nitrogens is 1. The number of nitrogens with zero attached hydrogens (tertiary/aromatic N) is 1. The van der Waals surface area contributed by atoms with Crippen LogP contribution in [0.15, 0.2) is 67.0 Å². The number of halogens is 2. The van der Waals surface area contributed by atoms with Gasteiger partial charge in [-0.3, -0.25) is 9.59 Å². The molecule has 2 N–H and O–H groups in total. The van der Waals surface area contributed by atoms with Crippen LogP contribution in [0.25, 0.3) is 5.69 Å². The van der Waals surface area contributed by atoms with Crippen molar-refractivity contribution in [1.82, 2.24) is 15.2 Å². The first-order valence-electron chi connectivity index (χ1n) is 8.29. The topological polar surface area (TPSA) is 63.1 Å². The van der Waals surface area contributed by atoms with Gasteiger partial charge in [0, 0.05) is 42.3 Å². The highest BCUT2D eigenvalue weighted by Crippen LogP contribution is 2.22. The van der Waals surface area contributed by atoms with Crippen molar-refractivity contribution >= 4 is 35.0 Å². The van der Waals surface area contributed by atoms with Gasteiger partial charge in [-0.25, -0.2) is 0 Å². The highest BCUT2D eigenvalue weighted by molar-refractivity contribution is 6.42. The summed E-state index contributed by atoms with van der Waals surface area (Å²) < 4.78 is 1.96. The van der Waals surface area contributed by atoms with Crippen LogP contribution in [0.4, 0.5) is 0 Å². The van der Waals surface area contributed by atoms with E-state index in [1.807, 2.05) is 41.2 Å². The number of benzene rings is 2. The molecule has 138 valence electrons. The maximum Gasteiger partial charge on any atom is 0.251 e. The van der Waals surface area contributed by atoms with Crippen LogP contribution in [0.5, 0.6) is 0 Å². The zero-order chi connectivity index (χ0) is 19.2. The molecule has 0 saturated heterocycles. The Morgan fingerprint density at radius 1 is 0.778 bits per heavy atom. The van der Waals surface area contributed by atoms with E-state index in [0.29, 0.717) is 34.3 Å². The van der Waals surface area contributed by atoms with E-state index in [2.05, 4.69) is 10.6 Å². The molecule has 1 aromatic heterocycles. The second-order valence-corrected chi connectivity index (χ2v) is 6.59. The van der Waals surface area contributed by atoms with Crippen LogP contribution in [0.3, 0.4) is 0 Å². The number of carbonyl (C=O) groups excluding carboxylic acids is 2. The highest BCUT2D eigenvalue weighted by Gasteiger charge is 2.09. The fourth-order valence-corrected chi connectivity index (χ4v) is 2.78. The van der Waals surface area contributed by atoms with Crippen molar-refractivity contribution in [2.24, 2.45) is 0 Å². The van der Waals surface area contributed by atoms with Gasteiger partial charge >= 0.3 is 0 Å². The molecule has 0 radical (unpaired) electrons. The van der Waals surface area contributed by atoms with Gasteiger partial charge in [0.25, 0.3) is 11.8 Å². The lowest BCUT2D eigenvalue weighted by molar-refractivity contribution is 0.0927. The van der Waals surface area contributed by atoms with E-state index in [-0.39, 0.29) is 11.8 Å². The fraction of sp³-hybridized carbons (Fsp3) is 0.100. The van der Waals surface area contributed by atoms with Gasteiger partial charge in [0.15, 0.2) is 0 Å². The van der Waals surface area contributed by atoms with Crippen LogP contribution in [0.1, 0.15) is 20.7 Å². The van der Waals surface area contributed by atoms with Crippen molar-refractivity contribution in [2.45, 2.75) is 0 Å². The Bertz CT molecular complexity index is 938. The second-order valence-electron chi connectivity index (χ2n) is 5.78. The number of amides is 2. The van der Waals surface area contributed by atoms with Crippen LogP contribution in [0, 0.1) is 0 Å². The minimum absolute atomic E-state index is 0.196. The number of hydrogen-bond donors (Lipinski definition) is 2. The van der Waals surface area contributed by atoms with Gasteiger partial charge in [0.05, 0.1) is 10.0 Å². The van der Waals surface area contributed by atoms with Crippen LogP contribution < -0.4 is 10.6 Å². The molecule has 3 rings (SSSR count). The molecule has 2 aromatic carbocycles. The Hall–Kier alpha value is -2.76. The second kappa shape index (κ2) is 8.75. The molecule has 0 spiro atoms. The van der Waals surface area contributed by atoms with Crippen LogP contribution >= 0.6 is 23.2 Å². The Morgan fingerprint density at radius 2 is 1.33 bits per heavy atom. The molecule has 0 aliphatic rings. The summed E-state index contributed by atoms with van der Waals surface area (Å²) >= 11 is 11.7. The van der Waals surface area contributed by atoms with E-state index in [0.717, 1.165) is 5.69 Å². The summed E-state index contributed by atoms with van der Waals surface area (Å²) in [5, 5.41) is 6.21. The molecular weight excluding hydrogens is 385 g/mol. The largest absolute Gasteiger partial charge is 0.350 e. The first-order chi connectivity index (χ1) is 13.0. The summed E-state index contributed by atoms with van der Waals surface area (Å²) in [5.41, 5.74) is 1.95. The van der Waals surface area contributed by atoms with Crippen molar-refractivity contribution in [3.05, 3.63) is 88.2 Å². The molecule has 1 heterocycles. The van der Waals surface area contributed by atoms with Crippen molar-refractivity contribution < 1.29 is 9.59 Å². The van der Waals surface area contributed by atoms with Crippen molar-refractivity contribution in [1.29, 1.82) is 0 Å². The third-order valence-corrected chi connectivity index (χ3v) is 4.65. The third-order valence-electron chi connectivity index (χ3n) is 3.91. The zero-order valence-corrected chi connectivity index (χ0v) is 15.8. The van der Waals surface area contributed by atoms with Crippen molar-refractivity contribution in [3.8, 4) is 5.69 Å². The maximum atomic E-state index is 12.2. The molecular formula is C20H17Cl2N3O2. The summed E-state index contributed by atoms with van der Waals surface area (Å²) in [6, 6.07) is 15.8. The minimum Gasteiger partial charge on any atom is -0.350 e. The molecule has 0 bridgehead atoms. The van der Waals surface area contributed by atoms with E-state index in [1.165, 1.54) is 6.07 Å². The Labute approximate surface area is 166 Å². The van der Waals surface area contributed by atoms with E-state index in [9.17, 15) is 9.59 Å². The van der Waals surface area contributed by atoms with Gasteiger partial charge in [-0.05, 0) is 54.6 Å². The minimum atomic E-state index is -0.279. The monoisotopic (exact) mass is 401 g/mol. The third kappa shape index (κ3) is 4.90. The summed E-state index contributed by atoms with van der Waals surface area (Å²) in [5.74, 6) is -0.475. The zero-order valence-electron chi connectivity index (χ0n) is 14.3. The van der Waals surface area contributed by atoms with Gasteiger partial charge in [0.1, 0.15) is 0 Å². The predicted molar refractivity (Wildman–Crippen MR) is 107 cm³/mol. The normalized spacial score (nSPS) is 10.4. The van der Waals surface area contributed by atoms with Gasteiger partial charge < -0.3 is 15.2 Å². The fourth-order valence-electron chi connectivity index (χ4n) is 2.49. The lowest BCUT2D eigenvalue weighted by atomic mass is 10.2. The molecule has 0 atom stereocenters. The average molecular weight is 402 g/mol. The van der Waals surface area contributed by atoms with Crippen LogP contribution in [0.2, 0.25) is 10.0 Å². The van der Waals surface area contributed by atoms with Crippen LogP contribution in [-0.4, -0.2) is 29.5 Å². The molecule has 0 unspecified atom stereocenters. The Morgan fingerprint density at radius 3 is 1.93 bits per heavy atom. The highest BCUT2D eigenvalue weighted by atomic mass is 35.5. The molecule has 0 fully saturated rings. The molecule has 0 aliphatic carbocycles. The quantitative estimate of drug-likeness (QED) is 0.614. The van der Waals surface area contributed by atoms with E-state index in [4.69, 9.17) is 23.2 Å². The van der Waals surface area contributed by atoms with Crippen LogP contribution in [-0.2, 0) is 0 Å². The average Bonchev–Trinajstić information content (AvgIpc) is 3.22. The van der Waals surface area contributed by atoms with Gasteiger partial charge in [-0.2, -0.15) is 0 Å². The van der Waals surface area contributed by atoms with Crippen molar-refractivity contribution in [2.75, 3.05) is 13.1 Å². The summed E-state index contributed by atoms with van der Waals surface area (Å²) in [4.78, 5) is 24.2. The molecule has 27 heavy (non-hydrogen) atoms. The molecule has 0 aliphatic heterocycles. The number of nitrogens with one attached hydrogen (secondary N) is 2. The van der Waals surface area contributed by atoms with Gasteiger partial charge in [0.2, 0.25) is 0 Å². The Balaban J connectivity index is 1.46. The smallest absolute Gasteiger partial charge is 0.251 e. The number of hydrogen-bond acceptors (Lipinski definition) is 2. The lowest BCUT2D eigenvalue weighted by Gasteiger charge is -2.09. The van der Waals surface area contributed by atoms with Gasteiger partial charge in [-0.15, -0.1) is 0 Å².